The number of benzene rings is 1. The number of amides is 1. The molecular formula is C15H17ClN2O. The standard InChI is InChI=1S/C15H17ClN2O/c1-2-3-15(19)18-7-6-13-12(9-18)11-5-4-10(16)8-14(11)17-13/h4-5,8,17H,2-3,6-7,9H2,1H3. The van der Waals surface area contributed by atoms with Gasteiger partial charge in [-0.05, 0) is 18.6 Å². The molecule has 0 aliphatic carbocycles. The number of rotatable bonds is 2. The number of H-pyrrole nitrogens is 1. The number of fused-ring (bicyclic) bond motifs is 3. The third kappa shape index (κ3) is 2.23. The highest BCUT2D eigenvalue weighted by Crippen LogP contribution is 2.29. The molecule has 2 aromatic rings. The van der Waals surface area contributed by atoms with Gasteiger partial charge < -0.3 is 9.88 Å². The number of carbonyl (C=O) groups excluding carboxylic acids is 1. The Labute approximate surface area is 117 Å². The van der Waals surface area contributed by atoms with Gasteiger partial charge in [0.05, 0.1) is 0 Å². The van der Waals surface area contributed by atoms with Crippen molar-refractivity contribution in [1.29, 1.82) is 0 Å². The Morgan fingerprint density at radius 2 is 2.32 bits per heavy atom. The van der Waals surface area contributed by atoms with Gasteiger partial charge in [0.25, 0.3) is 0 Å². The summed E-state index contributed by atoms with van der Waals surface area (Å²) in [6.07, 6.45) is 2.45. The summed E-state index contributed by atoms with van der Waals surface area (Å²) in [5.41, 5.74) is 3.57. The molecule has 19 heavy (non-hydrogen) atoms. The van der Waals surface area contributed by atoms with Crippen molar-refractivity contribution in [3.63, 3.8) is 0 Å². The molecule has 0 bridgehead atoms. The fourth-order valence-electron chi connectivity index (χ4n) is 2.78. The van der Waals surface area contributed by atoms with Gasteiger partial charge in [-0.3, -0.25) is 4.79 Å². The van der Waals surface area contributed by atoms with Crippen LogP contribution in [0.3, 0.4) is 0 Å². The lowest BCUT2D eigenvalue weighted by molar-refractivity contribution is -0.132. The van der Waals surface area contributed by atoms with Crippen molar-refractivity contribution in [1.82, 2.24) is 9.88 Å². The minimum Gasteiger partial charge on any atom is -0.358 e. The molecule has 4 heteroatoms. The van der Waals surface area contributed by atoms with Crippen molar-refractivity contribution >= 4 is 28.4 Å². The molecule has 0 unspecified atom stereocenters. The first-order valence-electron chi connectivity index (χ1n) is 6.75. The maximum absolute atomic E-state index is 12.0. The molecule has 0 radical (unpaired) electrons. The van der Waals surface area contributed by atoms with Gasteiger partial charge in [-0.15, -0.1) is 0 Å². The quantitative estimate of drug-likeness (QED) is 0.895. The van der Waals surface area contributed by atoms with Gasteiger partial charge >= 0.3 is 0 Å². The first-order chi connectivity index (χ1) is 9.19. The maximum Gasteiger partial charge on any atom is 0.222 e. The largest absolute Gasteiger partial charge is 0.358 e. The topological polar surface area (TPSA) is 36.1 Å². The van der Waals surface area contributed by atoms with E-state index in [1.54, 1.807) is 0 Å². The van der Waals surface area contributed by atoms with E-state index < -0.39 is 0 Å². The van der Waals surface area contributed by atoms with Crippen molar-refractivity contribution < 1.29 is 4.79 Å². The summed E-state index contributed by atoms with van der Waals surface area (Å²) >= 11 is 6.02. The van der Waals surface area contributed by atoms with E-state index in [0.717, 1.165) is 36.5 Å². The van der Waals surface area contributed by atoms with Crippen LogP contribution in [0.2, 0.25) is 5.02 Å². The number of nitrogens with one attached hydrogen (secondary N) is 1. The molecular weight excluding hydrogens is 260 g/mol. The van der Waals surface area contributed by atoms with E-state index in [2.05, 4.69) is 4.98 Å². The van der Waals surface area contributed by atoms with Crippen LogP contribution < -0.4 is 0 Å². The van der Waals surface area contributed by atoms with Crippen LogP contribution in [0.15, 0.2) is 18.2 Å². The highest BCUT2D eigenvalue weighted by molar-refractivity contribution is 6.31. The maximum atomic E-state index is 12.0. The summed E-state index contributed by atoms with van der Waals surface area (Å²) in [4.78, 5) is 17.4. The Hall–Kier alpha value is -1.48. The zero-order chi connectivity index (χ0) is 13.4. The van der Waals surface area contributed by atoms with E-state index >= 15 is 0 Å². The summed E-state index contributed by atoms with van der Waals surface area (Å²) < 4.78 is 0. The second kappa shape index (κ2) is 4.89. The second-order valence-corrected chi connectivity index (χ2v) is 5.52. The Bertz CT molecular complexity index is 632. The lowest BCUT2D eigenvalue weighted by atomic mass is 10.0. The van der Waals surface area contributed by atoms with Crippen LogP contribution in [0.5, 0.6) is 0 Å². The predicted octanol–water partition coefficient (Wildman–Crippen LogP) is 3.51. The molecule has 2 heterocycles. The number of nitrogens with zero attached hydrogens (tertiary/aromatic N) is 1. The molecule has 1 N–H and O–H groups in total. The molecule has 0 saturated carbocycles. The van der Waals surface area contributed by atoms with Crippen molar-refractivity contribution in [3.8, 4) is 0 Å². The summed E-state index contributed by atoms with van der Waals surface area (Å²) in [5, 5.41) is 1.93. The number of aromatic nitrogens is 1. The number of hydrogen-bond acceptors (Lipinski definition) is 1. The van der Waals surface area contributed by atoms with Crippen molar-refractivity contribution in [2.45, 2.75) is 32.7 Å². The van der Waals surface area contributed by atoms with Crippen LogP contribution in [0.25, 0.3) is 10.9 Å². The average Bonchev–Trinajstić information content (AvgIpc) is 2.75. The monoisotopic (exact) mass is 276 g/mol. The van der Waals surface area contributed by atoms with E-state index in [1.807, 2.05) is 30.0 Å². The molecule has 1 aromatic heterocycles. The van der Waals surface area contributed by atoms with Crippen LogP contribution in [-0.4, -0.2) is 22.3 Å². The van der Waals surface area contributed by atoms with Crippen LogP contribution in [0.4, 0.5) is 0 Å². The summed E-state index contributed by atoms with van der Waals surface area (Å²) in [6, 6.07) is 5.90. The van der Waals surface area contributed by atoms with Gasteiger partial charge in [-0.2, -0.15) is 0 Å². The number of hydrogen-bond donors (Lipinski definition) is 1. The molecule has 1 amide bonds. The lowest BCUT2D eigenvalue weighted by Crippen LogP contribution is -2.35. The zero-order valence-corrected chi connectivity index (χ0v) is 11.8. The lowest BCUT2D eigenvalue weighted by Gasteiger charge is -2.27. The highest BCUT2D eigenvalue weighted by atomic mass is 35.5. The molecule has 0 fully saturated rings. The fraction of sp³-hybridized carbons (Fsp3) is 0.400. The number of carbonyl (C=O) groups is 1. The average molecular weight is 277 g/mol. The SMILES string of the molecule is CCCC(=O)N1CCc2[nH]c3cc(Cl)ccc3c2C1. The minimum absolute atomic E-state index is 0.261. The zero-order valence-electron chi connectivity index (χ0n) is 11.0. The van der Waals surface area contributed by atoms with Crippen molar-refractivity contribution in [2.24, 2.45) is 0 Å². The van der Waals surface area contributed by atoms with Crippen LogP contribution >= 0.6 is 11.6 Å². The van der Waals surface area contributed by atoms with Gasteiger partial charge in [0.1, 0.15) is 0 Å². The Kier molecular flexibility index (Phi) is 3.23. The first-order valence-corrected chi connectivity index (χ1v) is 7.13. The van der Waals surface area contributed by atoms with Crippen LogP contribution in [0, 0.1) is 0 Å². The fourth-order valence-corrected chi connectivity index (χ4v) is 2.95. The van der Waals surface area contributed by atoms with Gasteiger partial charge in [0.2, 0.25) is 5.91 Å². The molecule has 1 aromatic carbocycles. The van der Waals surface area contributed by atoms with E-state index in [0.29, 0.717) is 6.42 Å². The number of aromatic amines is 1. The third-order valence-corrected chi connectivity index (χ3v) is 3.99. The molecule has 1 aliphatic heterocycles. The van der Waals surface area contributed by atoms with Crippen LogP contribution in [-0.2, 0) is 17.8 Å². The molecule has 0 atom stereocenters. The van der Waals surface area contributed by atoms with Crippen LogP contribution in [0.1, 0.15) is 31.0 Å². The molecule has 3 nitrogen and oxygen atoms in total. The number of halogens is 1. The van der Waals surface area contributed by atoms with Gasteiger partial charge in [-0.1, -0.05) is 24.6 Å². The second-order valence-electron chi connectivity index (χ2n) is 5.09. The van der Waals surface area contributed by atoms with E-state index in [-0.39, 0.29) is 5.91 Å². The van der Waals surface area contributed by atoms with E-state index in [4.69, 9.17) is 11.6 Å². The summed E-state index contributed by atoms with van der Waals surface area (Å²) in [7, 11) is 0. The minimum atomic E-state index is 0.261. The summed E-state index contributed by atoms with van der Waals surface area (Å²) in [5.74, 6) is 0.261. The third-order valence-electron chi connectivity index (χ3n) is 3.75. The van der Waals surface area contributed by atoms with E-state index in [9.17, 15) is 4.79 Å². The Morgan fingerprint density at radius 1 is 1.47 bits per heavy atom. The highest BCUT2D eigenvalue weighted by Gasteiger charge is 2.23. The smallest absolute Gasteiger partial charge is 0.222 e. The first kappa shape index (κ1) is 12.5. The van der Waals surface area contributed by atoms with Gasteiger partial charge in [-0.25, -0.2) is 0 Å². The van der Waals surface area contributed by atoms with Crippen molar-refractivity contribution in [3.05, 3.63) is 34.5 Å². The Balaban J connectivity index is 1.95. The van der Waals surface area contributed by atoms with Gasteiger partial charge in [0.15, 0.2) is 0 Å². The molecule has 1 aliphatic rings. The molecule has 0 spiro atoms. The van der Waals surface area contributed by atoms with Crippen molar-refractivity contribution in [2.75, 3.05) is 6.54 Å². The summed E-state index contributed by atoms with van der Waals surface area (Å²) in [6.45, 7) is 3.57. The van der Waals surface area contributed by atoms with E-state index in [1.165, 1.54) is 16.6 Å². The predicted molar refractivity (Wildman–Crippen MR) is 77.3 cm³/mol. The van der Waals surface area contributed by atoms with Gasteiger partial charge in [0, 0.05) is 53.1 Å². The molecule has 100 valence electrons. The molecule has 3 rings (SSSR count). The Morgan fingerprint density at radius 3 is 3.11 bits per heavy atom. The molecule has 0 saturated heterocycles. The normalized spacial score (nSPS) is 14.7.